The first-order valence-electron chi connectivity index (χ1n) is 6.63. The number of carbonyl (C=O) groups is 1. The first kappa shape index (κ1) is 12.9. The van der Waals surface area contributed by atoms with Crippen molar-refractivity contribution >= 4 is 22.5 Å². The normalized spacial score (nSPS) is 18.4. The number of ether oxygens (including phenoxy) is 1. The number of nitrogens with one attached hydrogen (secondary N) is 1. The van der Waals surface area contributed by atoms with Crippen molar-refractivity contribution in [2.45, 2.75) is 19.4 Å². The molecule has 0 atom stereocenters. The summed E-state index contributed by atoms with van der Waals surface area (Å²) in [7, 11) is 0. The molecule has 1 aromatic carbocycles. The number of morpholine rings is 1. The molecule has 1 amide bonds. The highest BCUT2D eigenvalue weighted by atomic mass is 16.5. The summed E-state index contributed by atoms with van der Waals surface area (Å²) in [5.74, 6) is -0.0850. The van der Waals surface area contributed by atoms with Crippen molar-refractivity contribution < 1.29 is 9.53 Å². The highest BCUT2D eigenvalue weighted by Crippen LogP contribution is 2.23. The number of aromatic nitrogens is 2. The summed E-state index contributed by atoms with van der Waals surface area (Å²) in [4.78, 5) is 14.4. The van der Waals surface area contributed by atoms with Gasteiger partial charge in [0.2, 0.25) is 0 Å². The zero-order chi connectivity index (χ0) is 14.3. The fourth-order valence-electron chi connectivity index (χ4n) is 2.53. The molecule has 1 aliphatic rings. The van der Waals surface area contributed by atoms with E-state index in [-0.39, 0.29) is 11.5 Å². The Balaban J connectivity index is 1.94. The van der Waals surface area contributed by atoms with E-state index in [0.29, 0.717) is 31.1 Å². The largest absolute Gasteiger partial charge is 0.399 e. The summed E-state index contributed by atoms with van der Waals surface area (Å²) in [6, 6.07) is 5.39. The number of fused-ring (bicyclic) bond motifs is 1. The average Bonchev–Trinajstić information content (AvgIpc) is 2.79. The van der Waals surface area contributed by atoms with Crippen LogP contribution in [0.3, 0.4) is 0 Å². The van der Waals surface area contributed by atoms with E-state index < -0.39 is 0 Å². The van der Waals surface area contributed by atoms with Gasteiger partial charge < -0.3 is 15.4 Å². The molecule has 1 saturated heterocycles. The minimum absolute atomic E-state index is 0.0850. The van der Waals surface area contributed by atoms with Gasteiger partial charge in [-0.3, -0.25) is 9.89 Å². The summed E-state index contributed by atoms with van der Waals surface area (Å²) in [6.45, 7) is 5.64. The van der Waals surface area contributed by atoms with Crippen LogP contribution < -0.4 is 5.73 Å². The lowest BCUT2D eigenvalue weighted by atomic mass is 10.1. The Morgan fingerprint density at radius 2 is 2.30 bits per heavy atom. The van der Waals surface area contributed by atoms with Crippen molar-refractivity contribution in [1.82, 2.24) is 15.1 Å². The summed E-state index contributed by atoms with van der Waals surface area (Å²) in [5.41, 5.74) is 7.32. The number of hydrogen-bond donors (Lipinski definition) is 2. The second-order valence-electron chi connectivity index (χ2n) is 5.71. The third kappa shape index (κ3) is 2.22. The van der Waals surface area contributed by atoms with Gasteiger partial charge in [0, 0.05) is 24.2 Å². The van der Waals surface area contributed by atoms with Gasteiger partial charge in [0.05, 0.1) is 17.7 Å². The van der Waals surface area contributed by atoms with Crippen molar-refractivity contribution in [1.29, 1.82) is 0 Å². The maximum Gasteiger partial charge on any atom is 0.275 e. The molecule has 106 valence electrons. The fraction of sp³-hybridized carbons (Fsp3) is 0.429. The van der Waals surface area contributed by atoms with Crippen LogP contribution in [0.4, 0.5) is 5.69 Å². The number of rotatable bonds is 1. The topological polar surface area (TPSA) is 84.2 Å². The molecule has 1 aliphatic heterocycles. The summed E-state index contributed by atoms with van der Waals surface area (Å²) < 4.78 is 5.63. The zero-order valence-corrected chi connectivity index (χ0v) is 11.6. The molecule has 0 aliphatic carbocycles. The van der Waals surface area contributed by atoms with Crippen LogP contribution in [0.15, 0.2) is 18.2 Å². The highest BCUT2D eigenvalue weighted by molar-refractivity contribution is 6.05. The molecule has 0 radical (unpaired) electrons. The van der Waals surface area contributed by atoms with Crippen molar-refractivity contribution in [3.8, 4) is 0 Å². The molecule has 2 heterocycles. The van der Waals surface area contributed by atoms with Gasteiger partial charge in [0.25, 0.3) is 5.91 Å². The number of nitrogens with zero attached hydrogens (tertiary/aromatic N) is 2. The zero-order valence-electron chi connectivity index (χ0n) is 11.6. The molecule has 3 rings (SSSR count). The van der Waals surface area contributed by atoms with Crippen LogP contribution in [-0.2, 0) is 4.74 Å². The quantitative estimate of drug-likeness (QED) is 0.770. The minimum atomic E-state index is -0.320. The maximum absolute atomic E-state index is 12.6. The number of hydrogen-bond acceptors (Lipinski definition) is 4. The maximum atomic E-state index is 12.6. The van der Waals surface area contributed by atoms with Gasteiger partial charge in [0.1, 0.15) is 0 Å². The number of nitrogen functional groups attached to an aromatic ring is 1. The van der Waals surface area contributed by atoms with E-state index in [1.54, 1.807) is 17.0 Å². The van der Waals surface area contributed by atoms with Crippen LogP contribution in [0.1, 0.15) is 24.3 Å². The molecular weight excluding hydrogens is 256 g/mol. The van der Waals surface area contributed by atoms with Crippen LogP contribution in [0.5, 0.6) is 0 Å². The van der Waals surface area contributed by atoms with Crippen LogP contribution in [-0.4, -0.2) is 46.3 Å². The molecule has 20 heavy (non-hydrogen) atoms. The summed E-state index contributed by atoms with van der Waals surface area (Å²) in [6.07, 6.45) is 0. The Morgan fingerprint density at radius 1 is 1.50 bits per heavy atom. The molecule has 0 bridgehead atoms. The Labute approximate surface area is 116 Å². The lowest BCUT2D eigenvalue weighted by Crippen LogP contribution is -2.50. The van der Waals surface area contributed by atoms with Gasteiger partial charge in [-0.2, -0.15) is 5.10 Å². The van der Waals surface area contributed by atoms with E-state index in [1.807, 2.05) is 19.9 Å². The number of benzene rings is 1. The van der Waals surface area contributed by atoms with Crippen LogP contribution in [0.25, 0.3) is 10.9 Å². The molecule has 1 aromatic heterocycles. The number of aromatic amines is 1. The van der Waals surface area contributed by atoms with Crippen molar-refractivity contribution in [3.63, 3.8) is 0 Å². The number of nitrogens with two attached hydrogens (primary N) is 1. The van der Waals surface area contributed by atoms with Gasteiger partial charge in [-0.1, -0.05) is 0 Å². The predicted octanol–water partition coefficient (Wildman–Crippen LogP) is 1.40. The van der Waals surface area contributed by atoms with Crippen molar-refractivity contribution in [2.24, 2.45) is 0 Å². The summed E-state index contributed by atoms with van der Waals surface area (Å²) >= 11 is 0. The van der Waals surface area contributed by atoms with Gasteiger partial charge >= 0.3 is 0 Å². The Hall–Kier alpha value is -2.08. The van der Waals surface area contributed by atoms with Crippen LogP contribution in [0, 0.1) is 0 Å². The lowest BCUT2D eigenvalue weighted by Gasteiger charge is -2.37. The van der Waals surface area contributed by atoms with E-state index in [2.05, 4.69) is 10.2 Å². The SMILES string of the molecule is CC1(C)CN(C(=O)c2n[nH]c3ccc(N)cc23)CCO1. The second kappa shape index (κ2) is 4.49. The van der Waals surface area contributed by atoms with Gasteiger partial charge in [0.15, 0.2) is 5.69 Å². The Kier molecular flexibility index (Phi) is 2.90. The molecule has 0 spiro atoms. The Morgan fingerprint density at radius 3 is 3.05 bits per heavy atom. The van der Waals surface area contributed by atoms with E-state index in [1.165, 1.54) is 0 Å². The molecule has 0 unspecified atom stereocenters. The third-order valence-electron chi connectivity index (χ3n) is 3.50. The lowest BCUT2D eigenvalue weighted by molar-refractivity contribution is -0.0764. The first-order chi connectivity index (χ1) is 9.46. The third-order valence-corrected chi connectivity index (χ3v) is 3.50. The molecule has 1 fully saturated rings. The van der Waals surface area contributed by atoms with Gasteiger partial charge in [-0.25, -0.2) is 0 Å². The smallest absolute Gasteiger partial charge is 0.275 e. The van der Waals surface area contributed by atoms with E-state index in [0.717, 1.165) is 10.9 Å². The van der Waals surface area contributed by atoms with E-state index in [9.17, 15) is 4.79 Å². The number of H-pyrrole nitrogens is 1. The average molecular weight is 274 g/mol. The van der Waals surface area contributed by atoms with Gasteiger partial charge in [-0.15, -0.1) is 0 Å². The molecular formula is C14H18N4O2. The number of anilines is 1. The van der Waals surface area contributed by atoms with E-state index in [4.69, 9.17) is 10.5 Å². The number of carbonyl (C=O) groups excluding carboxylic acids is 1. The Bertz CT molecular complexity index is 662. The minimum Gasteiger partial charge on any atom is -0.399 e. The summed E-state index contributed by atoms with van der Waals surface area (Å²) in [5, 5.41) is 7.78. The van der Waals surface area contributed by atoms with Crippen LogP contribution in [0.2, 0.25) is 0 Å². The molecule has 0 saturated carbocycles. The van der Waals surface area contributed by atoms with Crippen molar-refractivity contribution in [3.05, 3.63) is 23.9 Å². The number of amides is 1. The molecule has 6 heteroatoms. The monoisotopic (exact) mass is 274 g/mol. The van der Waals surface area contributed by atoms with Gasteiger partial charge in [-0.05, 0) is 32.0 Å². The predicted molar refractivity (Wildman–Crippen MR) is 76.4 cm³/mol. The van der Waals surface area contributed by atoms with Crippen LogP contribution >= 0.6 is 0 Å². The molecule has 2 aromatic rings. The second-order valence-corrected chi connectivity index (χ2v) is 5.71. The standard InChI is InChI=1S/C14H18N4O2/c1-14(2)8-18(5-6-20-14)13(19)12-10-7-9(15)3-4-11(10)16-17-12/h3-4,7H,5-6,8,15H2,1-2H3,(H,16,17). The fourth-order valence-corrected chi connectivity index (χ4v) is 2.53. The highest BCUT2D eigenvalue weighted by Gasteiger charge is 2.31. The first-order valence-corrected chi connectivity index (χ1v) is 6.63. The molecule has 3 N–H and O–H groups in total. The van der Waals surface area contributed by atoms with E-state index >= 15 is 0 Å². The van der Waals surface area contributed by atoms with Crippen molar-refractivity contribution in [2.75, 3.05) is 25.4 Å². The molecule has 6 nitrogen and oxygen atoms in total.